The molecule has 2 aromatic carbocycles. The Hall–Kier alpha value is -2.35. The molecule has 0 amide bonds. The molecule has 0 aliphatic rings. The summed E-state index contributed by atoms with van der Waals surface area (Å²) >= 11 is 9.55. The van der Waals surface area contributed by atoms with E-state index in [-0.39, 0.29) is 6.10 Å². The number of rotatable bonds is 9. The van der Waals surface area contributed by atoms with Crippen LogP contribution in [-0.2, 0) is 18.7 Å². The molecule has 166 valence electrons. The average molecular weight is 485 g/mol. The number of halogens is 1. The zero-order valence-electron chi connectivity index (χ0n) is 18.3. The van der Waals surface area contributed by atoms with Gasteiger partial charge < -0.3 is 9.30 Å². The molecule has 0 radical (unpaired) electrons. The number of ether oxygens (including phenoxy) is 1. The van der Waals surface area contributed by atoms with Gasteiger partial charge in [-0.3, -0.25) is 0 Å². The number of hydrogen-bond donors (Lipinski definition) is 0. The topological polar surface area (TPSA) is 52.8 Å². The third kappa shape index (κ3) is 5.17. The van der Waals surface area contributed by atoms with Gasteiger partial charge in [0.2, 0.25) is 0 Å². The van der Waals surface area contributed by atoms with E-state index in [0.717, 1.165) is 51.0 Å². The smallest absolute Gasteiger partial charge is 0.191 e. The second kappa shape index (κ2) is 10.5. The van der Waals surface area contributed by atoms with Gasteiger partial charge in [-0.25, -0.2) is 4.98 Å². The zero-order valence-corrected chi connectivity index (χ0v) is 20.7. The van der Waals surface area contributed by atoms with Crippen molar-refractivity contribution in [1.29, 1.82) is 0 Å². The van der Waals surface area contributed by atoms with Crippen molar-refractivity contribution in [3.63, 3.8) is 0 Å². The summed E-state index contributed by atoms with van der Waals surface area (Å²) in [7, 11) is 0. The van der Waals surface area contributed by atoms with Gasteiger partial charge in [-0.05, 0) is 44.0 Å². The highest BCUT2D eigenvalue weighted by Crippen LogP contribution is 2.32. The molecule has 2 heterocycles. The molecule has 0 bridgehead atoms. The minimum Gasteiger partial charge on any atom is -0.483 e. The van der Waals surface area contributed by atoms with Gasteiger partial charge in [0.1, 0.15) is 10.8 Å². The monoisotopic (exact) mass is 484 g/mol. The van der Waals surface area contributed by atoms with Gasteiger partial charge in [-0.15, -0.1) is 21.5 Å². The van der Waals surface area contributed by atoms with Crippen molar-refractivity contribution in [3.05, 3.63) is 76.0 Å². The summed E-state index contributed by atoms with van der Waals surface area (Å²) in [5.74, 6) is 2.38. The molecule has 0 saturated carbocycles. The van der Waals surface area contributed by atoms with E-state index in [9.17, 15) is 0 Å². The van der Waals surface area contributed by atoms with Crippen molar-refractivity contribution in [2.75, 3.05) is 0 Å². The van der Waals surface area contributed by atoms with Crippen LogP contribution in [0.25, 0.3) is 10.6 Å². The Bertz CT molecular complexity index is 1170. The van der Waals surface area contributed by atoms with Crippen molar-refractivity contribution in [3.8, 4) is 16.3 Å². The van der Waals surface area contributed by atoms with E-state index in [4.69, 9.17) is 21.3 Å². The van der Waals surface area contributed by atoms with E-state index in [0.29, 0.717) is 5.75 Å². The van der Waals surface area contributed by atoms with E-state index in [1.165, 1.54) is 5.56 Å². The molecule has 0 aliphatic heterocycles. The molecular weight excluding hydrogens is 460 g/mol. The summed E-state index contributed by atoms with van der Waals surface area (Å²) < 4.78 is 8.23. The second-order valence-electron chi connectivity index (χ2n) is 7.26. The first-order chi connectivity index (χ1) is 15.6. The lowest BCUT2D eigenvalue weighted by atomic mass is 10.2. The van der Waals surface area contributed by atoms with Crippen LogP contribution in [0, 0.1) is 0 Å². The second-order valence-corrected chi connectivity index (χ2v) is 9.46. The minimum atomic E-state index is -0.199. The maximum Gasteiger partial charge on any atom is 0.191 e. The number of thioether (sulfide) groups is 1. The Morgan fingerprint density at radius 3 is 2.59 bits per heavy atom. The lowest BCUT2D eigenvalue weighted by Crippen LogP contribution is -2.12. The van der Waals surface area contributed by atoms with E-state index >= 15 is 0 Å². The third-order valence-electron chi connectivity index (χ3n) is 5.07. The number of aromatic nitrogens is 4. The van der Waals surface area contributed by atoms with Gasteiger partial charge in [0.05, 0.1) is 10.7 Å². The maximum absolute atomic E-state index is 6.31. The Morgan fingerprint density at radius 2 is 1.88 bits per heavy atom. The van der Waals surface area contributed by atoms with Gasteiger partial charge in [0.15, 0.2) is 17.1 Å². The molecule has 32 heavy (non-hydrogen) atoms. The number of nitrogens with zero attached hydrogens (tertiary/aromatic N) is 4. The van der Waals surface area contributed by atoms with Crippen LogP contribution in [0.3, 0.4) is 0 Å². The highest BCUT2D eigenvalue weighted by atomic mass is 35.5. The number of thiazole rings is 1. The first-order valence-corrected chi connectivity index (χ1v) is 12.8. The molecule has 8 heteroatoms. The van der Waals surface area contributed by atoms with Crippen LogP contribution in [0.2, 0.25) is 5.02 Å². The molecule has 0 spiro atoms. The predicted octanol–water partition coefficient (Wildman–Crippen LogP) is 7.07. The molecule has 4 aromatic rings. The van der Waals surface area contributed by atoms with Crippen LogP contribution in [0.4, 0.5) is 0 Å². The fraction of sp³-hybridized carbons (Fsp3) is 0.292. The summed E-state index contributed by atoms with van der Waals surface area (Å²) in [6, 6.07) is 16.0. The molecule has 0 N–H and O–H groups in total. The summed E-state index contributed by atoms with van der Waals surface area (Å²) in [5, 5.41) is 13.4. The molecule has 0 aliphatic carbocycles. The molecule has 2 aromatic heterocycles. The lowest BCUT2D eigenvalue weighted by molar-refractivity contribution is 0.210. The van der Waals surface area contributed by atoms with Crippen molar-refractivity contribution in [2.45, 2.75) is 50.8 Å². The summed E-state index contributed by atoms with van der Waals surface area (Å²) in [6.45, 7) is 7.02. The van der Waals surface area contributed by atoms with Crippen LogP contribution in [0.15, 0.2) is 59.1 Å². The van der Waals surface area contributed by atoms with Gasteiger partial charge in [0.25, 0.3) is 0 Å². The Balaban J connectivity index is 1.43. The van der Waals surface area contributed by atoms with E-state index < -0.39 is 0 Å². The van der Waals surface area contributed by atoms with Crippen LogP contribution in [0.1, 0.15) is 44.0 Å². The number of benzene rings is 2. The van der Waals surface area contributed by atoms with Crippen LogP contribution in [0.5, 0.6) is 5.75 Å². The Labute approximate surface area is 201 Å². The predicted molar refractivity (Wildman–Crippen MR) is 133 cm³/mol. The van der Waals surface area contributed by atoms with Gasteiger partial charge in [0, 0.05) is 23.2 Å². The SMILES string of the molecule is CCc1ccc(OC(C)c2nnc(SCc3csc(-c4ccccc4Cl)n3)n2CC)cc1. The summed E-state index contributed by atoms with van der Waals surface area (Å²) in [6.07, 6.45) is 0.815. The van der Waals surface area contributed by atoms with Crippen LogP contribution >= 0.6 is 34.7 Å². The summed E-state index contributed by atoms with van der Waals surface area (Å²) in [4.78, 5) is 4.75. The normalized spacial score (nSPS) is 12.1. The van der Waals surface area contributed by atoms with Crippen molar-refractivity contribution >= 4 is 34.7 Å². The standard InChI is InChI=1S/C24H25ClN4OS2/c1-4-17-10-12-19(13-11-17)30-16(3)22-27-28-24(29(22)5-2)32-15-18-14-31-23(26-18)20-8-6-7-9-21(20)25/h6-14,16H,4-5,15H2,1-3H3. The van der Waals surface area contributed by atoms with Gasteiger partial charge in [-0.2, -0.15) is 0 Å². The number of hydrogen-bond acceptors (Lipinski definition) is 6. The fourth-order valence-corrected chi connectivity index (χ4v) is 5.48. The largest absolute Gasteiger partial charge is 0.483 e. The van der Waals surface area contributed by atoms with Crippen molar-refractivity contribution < 1.29 is 4.74 Å². The molecule has 0 saturated heterocycles. The quantitative estimate of drug-likeness (QED) is 0.238. The first-order valence-electron chi connectivity index (χ1n) is 10.6. The van der Waals surface area contributed by atoms with Crippen LogP contribution in [-0.4, -0.2) is 19.7 Å². The Morgan fingerprint density at radius 1 is 1.09 bits per heavy atom. The van der Waals surface area contributed by atoms with E-state index in [1.54, 1.807) is 23.1 Å². The molecule has 4 rings (SSSR count). The van der Waals surface area contributed by atoms with Gasteiger partial charge in [-0.1, -0.05) is 60.6 Å². The molecular formula is C24H25ClN4OS2. The lowest BCUT2D eigenvalue weighted by Gasteiger charge is -2.15. The highest BCUT2D eigenvalue weighted by molar-refractivity contribution is 7.98. The minimum absolute atomic E-state index is 0.199. The van der Waals surface area contributed by atoms with Crippen molar-refractivity contribution in [1.82, 2.24) is 19.7 Å². The first kappa shape index (κ1) is 22.8. The van der Waals surface area contributed by atoms with E-state index in [1.807, 2.05) is 43.3 Å². The maximum atomic E-state index is 6.31. The third-order valence-corrected chi connectivity index (χ3v) is 7.33. The molecule has 5 nitrogen and oxygen atoms in total. The summed E-state index contributed by atoms with van der Waals surface area (Å²) in [5.41, 5.74) is 3.26. The van der Waals surface area contributed by atoms with Gasteiger partial charge >= 0.3 is 0 Å². The highest BCUT2D eigenvalue weighted by Gasteiger charge is 2.19. The Kier molecular flexibility index (Phi) is 7.50. The molecule has 0 fully saturated rings. The fourth-order valence-electron chi connectivity index (χ4n) is 3.34. The zero-order chi connectivity index (χ0) is 22.5. The molecule has 1 atom stereocenters. The number of aryl methyl sites for hydroxylation is 1. The van der Waals surface area contributed by atoms with E-state index in [2.05, 4.69) is 46.1 Å². The van der Waals surface area contributed by atoms with Crippen LogP contribution < -0.4 is 4.74 Å². The molecule has 1 unspecified atom stereocenters. The van der Waals surface area contributed by atoms with Crippen molar-refractivity contribution in [2.24, 2.45) is 0 Å². The average Bonchev–Trinajstić information content (AvgIpc) is 3.45.